The molecule has 2 atom stereocenters. The summed E-state index contributed by atoms with van der Waals surface area (Å²) in [5, 5.41) is 0.831. The Morgan fingerprint density at radius 2 is 2.00 bits per heavy atom. The number of thiophene rings is 1. The van der Waals surface area contributed by atoms with Crippen LogP contribution in [0.1, 0.15) is 54.9 Å². The number of thioether (sulfide) groups is 1. The van der Waals surface area contributed by atoms with Gasteiger partial charge in [0.15, 0.2) is 5.16 Å². The fourth-order valence-corrected chi connectivity index (χ4v) is 6.94. The van der Waals surface area contributed by atoms with Crippen molar-refractivity contribution in [3.63, 3.8) is 0 Å². The molecule has 34 heavy (non-hydrogen) atoms. The van der Waals surface area contributed by atoms with Crippen LogP contribution in [0.5, 0.6) is 0 Å². The third-order valence-electron chi connectivity index (χ3n) is 6.47. The molecule has 1 aliphatic heterocycles. The van der Waals surface area contributed by atoms with E-state index in [1.807, 2.05) is 49.1 Å². The number of likely N-dealkylation sites (N-methyl/N-ethyl adjacent to an activating group) is 1. The monoisotopic (exact) mass is 499 g/mol. The molecule has 1 aromatic carbocycles. The largest absolute Gasteiger partial charge is 0.376 e. The summed E-state index contributed by atoms with van der Waals surface area (Å²) in [6, 6.07) is 9.80. The molecule has 1 amide bonds. The molecule has 0 N–H and O–H groups in total. The molecular weight excluding hydrogens is 466 g/mol. The van der Waals surface area contributed by atoms with Crippen LogP contribution < -0.4 is 5.56 Å². The molecular formula is C26H33N3O3S2. The van der Waals surface area contributed by atoms with E-state index in [0.717, 1.165) is 52.1 Å². The molecule has 1 aliphatic rings. The van der Waals surface area contributed by atoms with Crippen molar-refractivity contribution >= 4 is 39.2 Å². The number of carbonyl (C=O) groups excluding carboxylic acids is 1. The SMILES string of the molecule is CCc1c(C)sc2nc(SC(C(=O)N(CC)CC)c3ccccc3)n(CC3CCCO3)c(=O)c12. The van der Waals surface area contributed by atoms with Crippen LogP contribution in [0.4, 0.5) is 0 Å². The van der Waals surface area contributed by atoms with Gasteiger partial charge in [0.05, 0.1) is 18.0 Å². The van der Waals surface area contributed by atoms with Crippen LogP contribution in [0.3, 0.4) is 0 Å². The molecule has 1 saturated heterocycles. The molecule has 8 heteroatoms. The number of fused-ring (bicyclic) bond motifs is 1. The third kappa shape index (κ3) is 4.95. The third-order valence-corrected chi connectivity index (χ3v) is 8.74. The van der Waals surface area contributed by atoms with E-state index >= 15 is 0 Å². The molecule has 0 bridgehead atoms. The van der Waals surface area contributed by atoms with Gasteiger partial charge in [-0.2, -0.15) is 0 Å². The van der Waals surface area contributed by atoms with Crippen LogP contribution in [0, 0.1) is 6.92 Å². The molecule has 2 unspecified atom stereocenters. The molecule has 0 radical (unpaired) electrons. The highest BCUT2D eigenvalue weighted by molar-refractivity contribution is 8.00. The molecule has 4 rings (SSSR count). The summed E-state index contributed by atoms with van der Waals surface area (Å²) in [5.74, 6) is 0.0378. The van der Waals surface area contributed by atoms with Gasteiger partial charge in [-0.3, -0.25) is 14.2 Å². The summed E-state index contributed by atoms with van der Waals surface area (Å²) in [5.41, 5.74) is 1.97. The summed E-state index contributed by atoms with van der Waals surface area (Å²) in [7, 11) is 0. The normalized spacial score (nSPS) is 16.8. The molecule has 6 nitrogen and oxygen atoms in total. The van der Waals surface area contributed by atoms with E-state index in [0.29, 0.717) is 24.8 Å². The van der Waals surface area contributed by atoms with Gasteiger partial charge >= 0.3 is 0 Å². The number of hydrogen-bond acceptors (Lipinski definition) is 6. The Bertz CT molecular complexity index is 1200. The van der Waals surface area contributed by atoms with Crippen LogP contribution in [-0.2, 0) is 22.5 Å². The van der Waals surface area contributed by atoms with E-state index in [1.54, 1.807) is 15.9 Å². The zero-order valence-corrected chi connectivity index (χ0v) is 22.0. The number of benzene rings is 1. The number of ether oxygens (including phenoxy) is 1. The van der Waals surface area contributed by atoms with Crippen LogP contribution in [0.2, 0.25) is 0 Å². The van der Waals surface area contributed by atoms with E-state index in [-0.39, 0.29) is 17.6 Å². The van der Waals surface area contributed by atoms with Crippen LogP contribution >= 0.6 is 23.1 Å². The van der Waals surface area contributed by atoms with Crippen molar-refractivity contribution in [2.45, 2.75) is 70.0 Å². The smallest absolute Gasteiger partial charge is 0.263 e. The van der Waals surface area contributed by atoms with Crippen molar-refractivity contribution in [2.24, 2.45) is 0 Å². The maximum Gasteiger partial charge on any atom is 0.263 e. The Labute approximate surface area is 209 Å². The fraction of sp³-hybridized carbons (Fsp3) is 0.500. The van der Waals surface area contributed by atoms with Gasteiger partial charge < -0.3 is 9.64 Å². The number of nitrogens with zero attached hydrogens (tertiary/aromatic N) is 3. The minimum atomic E-state index is -0.479. The van der Waals surface area contributed by atoms with E-state index in [1.165, 1.54) is 11.8 Å². The molecule has 0 aliphatic carbocycles. The van der Waals surface area contributed by atoms with E-state index in [2.05, 4.69) is 13.8 Å². The topological polar surface area (TPSA) is 64.4 Å². The van der Waals surface area contributed by atoms with Gasteiger partial charge in [-0.25, -0.2) is 4.98 Å². The average molecular weight is 500 g/mol. The van der Waals surface area contributed by atoms with Crippen LogP contribution in [-0.4, -0.2) is 46.2 Å². The number of carbonyl (C=O) groups is 1. The molecule has 3 heterocycles. The Hall–Kier alpha value is -2.16. The van der Waals surface area contributed by atoms with Crippen LogP contribution in [0.25, 0.3) is 10.2 Å². The van der Waals surface area contributed by atoms with Crippen molar-refractivity contribution in [3.8, 4) is 0 Å². The lowest BCUT2D eigenvalue weighted by atomic mass is 10.1. The number of hydrogen-bond donors (Lipinski definition) is 0. The Morgan fingerprint density at radius 3 is 2.62 bits per heavy atom. The van der Waals surface area contributed by atoms with Crippen molar-refractivity contribution in [1.82, 2.24) is 14.5 Å². The highest BCUT2D eigenvalue weighted by atomic mass is 32.2. The quantitative estimate of drug-likeness (QED) is 0.299. The van der Waals surface area contributed by atoms with Crippen molar-refractivity contribution in [1.29, 1.82) is 0 Å². The molecule has 2 aromatic heterocycles. The number of aromatic nitrogens is 2. The van der Waals surface area contributed by atoms with Crippen LogP contribution in [0.15, 0.2) is 40.3 Å². The van der Waals surface area contributed by atoms with E-state index in [4.69, 9.17) is 9.72 Å². The second-order valence-electron chi connectivity index (χ2n) is 8.53. The predicted molar refractivity (Wildman–Crippen MR) is 140 cm³/mol. The van der Waals surface area contributed by atoms with Gasteiger partial charge in [-0.05, 0) is 51.2 Å². The maximum absolute atomic E-state index is 13.8. The summed E-state index contributed by atoms with van der Waals surface area (Å²) >= 11 is 2.95. The first kappa shape index (κ1) is 24.9. The first-order chi connectivity index (χ1) is 16.5. The van der Waals surface area contributed by atoms with Crippen molar-refractivity contribution in [2.75, 3.05) is 19.7 Å². The van der Waals surface area contributed by atoms with Gasteiger partial charge in [0.25, 0.3) is 5.56 Å². The van der Waals surface area contributed by atoms with Gasteiger partial charge in [-0.1, -0.05) is 49.0 Å². The zero-order valence-electron chi connectivity index (χ0n) is 20.4. The minimum absolute atomic E-state index is 0.00484. The predicted octanol–water partition coefficient (Wildman–Crippen LogP) is 5.21. The second-order valence-corrected chi connectivity index (χ2v) is 10.8. The fourth-order valence-electron chi connectivity index (χ4n) is 4.60. The molecule has 182 valence electrons. The summed E-state index contributed by atoms with van der Waals surface area (Å²) in [6.45, 7) is 10.6. The highest BCUT2D eigenvalue weighted by Gasteiger charge is 2.30. The number of rotatable bonds is 9. The lowest BCUT2D eigenvalue weighted by Crippen LogP contribution is -2.34. The van der Waals surface area contributed by atoms with Gasteiger partial charge in [-0.15, -0.1) is 11.3 Å². The molecule has 3 aromatic rings. The molecule has 0 saturated carbocycles. The van der Waals surface area contributed by atoms with E-state index in [9.17, 15) is 9.59 Å². The summed E-state index contributed by atoms with van der Waals surface area (Å²) < 4.78 is 7.65. The lowest BCUT2D eigenvalue weighted by Gasteiger charge is -2.26. The van der Waals surface area contributed by atoms with Gasteiger partial charge in [0.1, 0.15) is 10.1 Å². The molecule has 1 fully saturated rings. The standard InChI is InChI=1S/C26H33N3O3S2/c1-5-20-17(4)33-23-21(20)24(30)29(16-19-14-11-15-32-19)26(27-23)34-22(18-12-9-8-10-13-18)25(31)28(6-2)7-3/h8-10,12-13,19,22H,5-7,11,14-16H2,1-4H3. The Morgan fingerprint density at radius 1 is 1.26 bits per heavy atom. The minimum Gasteiger partial charge on any atom is -0.376 e. The Balaban J connectivity index is 1.84. The zero-order chi connectivity index (χ0) is 24.2. The van der Waals surface area contributed by atoms with Crippen molar-refractivity contribution in [3.05, 3.63) is 56.7 Å². The number of aryl methyl sites for hydroxylation is 2. The van der Waals surface area contributed by atoms with E-state index < -0.39 is 5.25 Å². The first-order valence-corrected chi connectivity index (χ1v) is 13.8. The Kier molecular flexibility index (Phi) is 8.11. The number of amides is 1. The first-order valence-electron chi connectivity index (χ1n) is 12.1. The summed E-state index contributed by atoms with van der Waals surface area (Å²) in [4.78, 5) is 36.1. The van der Waals surface area contributed by atoms with Crippen molar-refractivity contribution < 1.29 is 9.53 Å². The second kappa shape index (κ2) is 11.1. The highest BCUT2D eigenvalue weighted by Crippen LogP contribution is 2.38. The average Bonchev–Trinajstić information content (AvgIpc) is 3.47. The summed E-state index contributed by atoms with van der Waals surface area (Å²) in [6.07, 6.45) is 2.72. The molecule has 0 spiro atoms. The maximum atomic E-state index is 13.8. The van der Waals surface area contributed by atoms with Gasteiger partial charge in [0, 0.05) is 24.6 Å². The van der Waals surface area contributed by atoms with Gasteiger partial charge in [0.2, 0.25) is 5.91 Å². The lowest BCUT2D eigenvalue weighted by molar-refractivity contribution is -0.130.